The lowest BCUT2D eigenvalue weighted by molar-refractivity contribution is -0.0517. The number of benzene rings is 1. The van der Waals surface area contributed by atoms with E-state index in [4.69, 9.17) is 4.74 Å². The van der Waals surface area contributed by atoms with Crippen LogP contribution in [-0.4, -0.2) is 54.0 Å². The van der Waals surface area contributed by atoms with Crippen LogP contribution < -0.4 is 5.32 Å². The lowest BCUT2D eigenvalue weighted by atomic mass is 9.91. The molecule has 2 aliphatic rings. The Hall–Kier alpha value is -0.940. The van der Waals surface area contributed by atoms with Crippen molar-refractivity contribution >= 4 is 0 Å². The Bertz CT molecular complexity index is 468. The molecule has 1 aliphatic carbocycles. The minimum atomic E-state index is -0.199. The molecule has 23 heavy (non-hydrogen) atoms. The maximum atomic E-state index is 10.1. The van der Waals surface area contributed by atoms with Gasteiger partial charge in [0.2, 0.25) is 0 Å². The highest BCUT2D eigenvalue weighted by molar-refractivity contribution is 5.14. The van der Waals surface area contributed by atoms with Gasteiger partial charge in [0.25, 0.3) is 0 Å². The van der Waals surface area contributed by atoms with Crippen molar-refractivity contribution in [3.63, 3.8) is 0 Å². The second kappa shape index (κ2) is 8.25. The Morgan fingerprint density at radius 1 is 1.26 bits per heavy atom. The van der Waals surface area contributed by atoms with Crippen molar-refractivity contribution in [2.75, 3.05) is 19.7 Å². The third kappa shape index (κ3) is 4.77. The lowest BCUT2D eigenvalue weighted by Gasteiger charge is -2.39. The molecule has 4 heteroatoms. The van der Waals surface area contributed by atoms with E-state index in [0.29, 0.717) is 0 Å². The van der Waals surface area contributed by atoms with Gasteiger partial charge in [0.1, 0.15) is 0 Å². The minimum Gasteiger partial charge on any atom is -0.392 e. The second-order valence-electron chi connectivity index (χ2n) is 7.04. The first-order valence-electron chi connectivity index (χ1n) is 9.04. The number of nitrogens with zero attached hydrogens (tertiary/aromatic N) is 1. The van der Waals surface area contributed by atoms with E-state index in [2.05, 4.69) is 47.5 Å². The topological polar surface area (TPSA) is 44.7 Å². The van der Waals surface area contributed by atoms with Crippen molar-refractivity contribution in [1.82, 2.24) is 10.2 Å². The number of aliphatic hydroxyl groups is 1. The predicted molar refractivity (Wildman–Crippen MR) is 92.3 cm³/mol. The number of rotatable bonds is 5. The third-order valence-corrected chi connectivity index (χ3v) is 5.19. The molecule has 1 saturated heterocycles. The van der Waals surface area contributed by atoms with E-state index in [0.717, 1.165) is 45.5 Å². The maximum Gasteiger partial charge on any atom is 0.0852 e. The van der Waals surface area contributed by atoms with Gasteiger partial charge in [0.05, 0.1) is 18.8 Å². The van der Waals surface area contributed by atoms with E-state index in [1.54, 1.807) is 0 Å². The SMILES string of the molecule is CC(NC1CCCCC1O)C1CN(Cc2ccccc2)CCO1. The van der Waals surface area contributed by atoms with Gasteiger partial charge in [-0.25, -0.2) is 0 Å². The zero-order chi connectivity index (χ0) is 16.1. The lowest BCUT2D eigenvalue weighted by Crippen LogP contribution is -2.55. The molecule has 3 rings (SSSR count). The van der Waals surface area contributed by atoms with E-state index in [1.807, 2.05) is 0 Å². The van der Waals surface area contributed by atoms with Crippen LogP contribution in [0.5, 0.6) is 0 Å². The van der Waals surface area contributed by atoms with Crippen LogP contribution >= 0.6 is 0 Å². The molecule has 0 bridgehead atoms. The van der Waals surface area contributed by atoms with Gasteiger partial charge >= 0.3 is 0 Å². The largest absolute Gasteiger partial charge is 0.392 e. The molecule has 1 saturated carbocycles. The summed E-state index contributed by atoms with van der Waals surface area (Å²) in [5, 5.41) is 13.8. The molecule has 128 valence electrons. The first-order valence-corrected chi connectivity index (χ1v) is 9.04. The van der Waals surface area contributed by atoms with E-state index in [-0.39, 0.29) is 24.3 Å². The highest BCUT2D eigenvalue weighted by Crippen LogP contribution is 2.20. The molecule has 1 aromatic rings. The fourth-order valence-electron chi connectivity index (χ4n) is 3.77. The molecule has 0 aromatic heterocycles. The minimum absolute atomic E-state index is 0.196. The molecule has 4 atom stereocenters. The number of morpholine rings is 1. The summed E-state index contributed by atoms with van der Waals surface area (Å²) in [6, 6.07) is 11.1. The van der Waals surface area contributed by atoms with Crippen LogP contribution in [0.1, 0.15) is 38.2 Å². The zero-order valence-electron chi connectivity index (χ0n) is 14.2. The quantitative estimate of drug-likeness (QED) is 0.873. The van der Waals surface area contributed by atoms with Crippen LogP contribution in [0.2, 0.25) is 0 Å². The Morgan fingerprint density at radius 3 is 2.83 bits per heavy atom. The Kier molecular flexibility index (Phi) is 6.06. The van der Waals surface area contributed by atoms with Gasteiger partial charge in [0.15, 0.2) is 0 Å². The summed E-state index contributed by atoms with van der Waals surface area (Å²) >= 11 is 0. The van der Waals surface area contributed by atoms with E-state index in [9.17, 15) is 5.11 Å². The summed E-state index contributed by atoms with van der Waals surface area (Å²) in [6.45, 7) is 5.91. The van der Waals surface area contributed by atoms with E-state index in [1.165, 1.54) is 12.0 Å². The Morgan fingerprint density at radius 2 is 2.04 bits per heavy atom. The highest BCUT2D eigenvalue weighted by atomic mass is 16.5. The molecule has 0 spiro atoms. The summed E-state index contributed by atoms with van der Waals surface area (Å²) in [6.07, 6.45) is 4.37. The first kappa shape index (κ1) is 16.9. The molecule has 4 nitrogen and oxygen atoms in total. The highest BCUT2D eigenvalue weighted by Gasteiger charge is 2.30. The number of nitrogens with one attached hydrogen (secondary N) is 1. The fraction of sp³-hybridized carbons (Fsp3) is 0.684. The molecule has 4 unspecified atom stereocenters. The Labute approximate surface area is 139 Å². The molecule has 1 heterocycles. The maximum absolute atomic E-state index is 10.1. The fourth-order valence-corrected chi connectivity index (χ4v) is 3.77. The van der Waals surface area contributed by atoms with Gasteiger partial charge < -0.3 is 15.2 Å². The van der Waals surface area contributed by atoms with Gasteiger partial charge in [0, 0.05) is 31.7 Å². The molecule has 1 aromatic carbocycles. The van der Waals surface area contributed by atoms with Gasteiger partial charge in [-0.15, -0.1) is 0 Å². The summed E-state index contributed by atoms with van der Waals surface area (Å²) in [5.74, 6) is 0. The third-order valence-electron chi connectivity index (χ3n) is 5.19. The van der Waals surface area contributed by atoms with Crippen molar-refractivity contribution in [3.8, 4) is 0 Å². The average molecular weight is 318 g/mol. The van der Waals surface area contributed by atoms with Crippen LogP contribution in [0.15, 0.2) is 30.3 Å². The molecule has 0 amide bonds. The standard InChI is InChI=1S/C19H30N2O2/c1-15(20-17-9-5-6-10-18(17)22)19-14-21(11-12-23-19)13-16-7-3-2-4-8-16/h2-4,7-8,15,17-20,22H,5-6,9-14H2,1H3. The summed E-state index contributed by atoms with van der Waals surface area (Å²) in [4.78, 5) is 2.47. The smallest absolute Gasteiger partial charge is 0.0852 e. The van der Waals surface area contributed by atoms with Gasteiger partial charge in [-0.2, -0.15) is 0 Å². The van der Waals surface area contributed by atoms with Crippen molar-refractivity contribution in [2.24, 2.45) is 0 Å². The number of hydrogen-bond donors (Lipinski definition) is 2. The molecular weight excluding hydrogens is 288 g/mol. The van der Waals surface area contributed by atoms with Crippen LogP contribution in [0, 0.1) is 0 Å². The van der Waals surface area contributed by atoms with Gasteiger partial charge in [-0.3, -0.25) is 4.90 Å². The number of hydrogen-bond acceptors (Lipinski definition) is 4. The Balaban J connectivity index is 1.51. The summed E-state index contributed by atoms with van der Waals surface area (Å²) in [7, 11) is 0. The van der Waals surface area contributed by atoms with Crippen molar-refractivity contribution < 1.29 is 9.84 Å². The molecule has 1 aliphatic heterocycles. The average Bonchev–Trinajstić information content (AvgIpc) is 2.58. The molecular formula is C19H30N2O2. The zero-order valence-corrected chi connectivity index (χ0v) is 14.2. The van der Waals surface area contributed by atoms with E-state index >= 15 is 0 Å². The van der Waals surface area contributed by atoms with Crippen LogP contribution in [-0.2, 0) is 11.3 Å². The summed E-state index contributed by atoms with van der Waals surface area (Å²) in [5.41, 5.74) is 1.36. The first-order chi connectivity index (χ1) is 11.2. The molecule has 0 radical (unpaired) electrons. The van der Waals surface area contributed by atoms with Crippen molar-refractivity contribution in [2.45, 2.75) is 63.4 Å². The van der Waals surface area contributed by atoms with E-state index < -0.39 is 0 Å². The van der Waals surface area contributed by atoms with Crippen molar-refractivity contribution in [1.29, 1.82) is 0 Å². The molecule has 2 fully saturated rings. The van der Waals surface area contributed by atoms with Gasteiger partial charge in [-0.05, 0) is 25.3 Å². The number of ether oxygens (including phenoxy) is 1. The second-order valence-corrected chi connectivity index (χ2v) is 7.04. The normalized spacial score (nSPS) is 31.0. The summed E-state index contributed by atoms with van der Waals surface area (Å²) < 4.78 is 6.00. The van der Waals surface area contributed by atoms with Crippen LogP contribution in [0.4, 0.5) is 0 Å². The van der Waals surface area contributed by atoms with Crippen LogP contribution in [0.3, 0.4) is 0 Å². The predicted octanol–water partition coefficient (Wildman–Crippen LogP) is 2.17. The van der Waals surface area contributed by atoms with Crippen LogP contribution in [0.25, 0.3) is 0 Å². The monoisotopic (exact) mass is 318 g/mol. The van der Waals surface area contributed by atoms with Crippen molar-refractivity contribution in [3.05, 3.63) is 35.9 Å². The van der Waals surface area contributed by atoms with Gasteiger partial charge in [-0.1, -0.05) is 43.2 Å². The molecule has 2 N–H and O–H groups in total. The number of aliphatic hydroxyl groups excluding tert-OH is 1.